The summed E-state index contributed by atoms with van der Waals surface area (Å²) in [7, 11) is 0. The number of hydrogen-bond acceptors (Lipinski definition) is 0. The van der Waals surface area contributed by atoms with Gasteiger partial charge >= 0.3 is 0 Å². The molecule has 214 valence electrons. The molecule has 0 heterocycles. The van der Waals surface area contributed by atoms with E-state index in [4.69, 9.17) is 9.60 Å². The quantitative estimate of drug-likeness (QED) is 0.179. The summed E-state index contributed by atoms with van der Waals surface area (Å²) in [4.78, 5) is 0. The van der Waals surface area contributed by atoms with Gasteiger partial charge in [0.1, 0.15) is 0 Å². The first-order chi connectivity index (χ1) is 26.6. The van der Waals surface area contributed by atoms with E-state index in [0.717, 1.165) is 33.0 Å². The van der Waals surface area contributed by atoms with Crippen LogP contribution in [-0.4, -0.2) is 0 Å². The molecular weight excluding hydrogens is 553 g/mol. The molecule has 0 atom stereocenters. The molecule has 0 aromatic heterocycles. The Kier molecular flexibility index (Phi) is 4.43. The summed E-state index contributed by atoms with van der Waals surface area (Å²) in [6.07, 6.45) is 0. The van der Waals surface area contributed by atoms with Gasteiger partial charge < -0.3 is 0 Å². The highest BCUT2D eigenvalue weighted by Crippen LogP contribution is 2.44. The second-order valence-electron chi connectivity index (χ2n) is 11.4. The Labute approximate surface area is 281 Å². The molecule has 0 saturated heterocycles. The molecule has 9 aromatic rings. The fraction of sp³-hybridized carbons (Fsp3) is 0. The predicted molar refractivity (Wildman–Crippen MR) is 198 cm³/mol. The Bertz CT molecular complexity index is 3060. The maximum Gasteiger partial charge on any atom is 0.0629 e. The van der Waals surface area contributed by atoms with Crippen LogP contribution in [0.5, 0.6) is 0 Å². The maximum atomic E-state index is 9.24. The van der Waals surface area contributed by atoms with E-state index in [2.05, 4.69) is 66.7 Å². The lowest BCUT2D eigenvalue weighted by molar-refractivity contribution is 1.62. The molecular formula is C46H30. The SMILES string of the molecule is [2H]c1c([2H])c([2H])c(-c2c3ccccc3c(-c3ccc4c(-c5cccc(-c6cccc7ccccc67)c5)cccc4c3)c3c([2H])c([2H])c([2H])c([2H])c23)c([2H])c1[2H]. The van der Waals surface area contributed by atoms with Crippen LogP contribution in [0.25, 0.3) is 87.6 Å². The van der Waals surface area contributed by atoms with Crippen LogP contribution in [0.15, 0.2) is 182 Å². The first-order valence-corrected chi connectivity index (χ1v) is 15.2. The largest absolute Gasteiger partial charge is 0.0629 e. The summed E-state index contributed by atoms with van der Waals surface area (Å²) >= 11 is 0. The van der Waals surface area contributed by atoms with Gasteiger partial charge in [-0.1, -0.05) is 170 Å². The first kappa shape index (κ1) is 18.7. The van der Waals surface area contributed by atoms with Gasteiger partial charge in [-0.2, -0.15) is 0 Å². The molecule has 0 bridgehead atoms. The third-order valence-corrected chi connectivity index (χ3v) is 8.85. The van der Waals surface area contributed by atoms with E-state index in [1.807, 2.05) is 48.5 Å². The van der Waals surface area contributed by atoms with Crippen molar-refractivity contribution in [3.8, 4) is 44.5 Å². The van der Waals surface area contributed by atoms with E-state index in [-0.39, 0.29) is 34.0 Å². The van der Waals surface area contributed by atoms with Crippen molar-refractivity contribution in [2.75, 3.05) is 0 Å². The number of benzene rings is 9. The zero-order chi connectivity index (χ0) is 38.3. The third-order valence-electron chi connectivity index (χ3n) is 8.85. The van der Waals surface area contributed by atoms with Crippen molar-refractivity contribution in [2.24, 2.45) is 0 Å². The van der Waals surface area contributed by atoms with Crippen LogP contribution < -0.4 is 0 Å². The Balaban J connectivity index is 1.31. The molecule has 9 aromatic carbocycles. The zero-order valence-corrected chi connectivity index (χ0v) is 24.6. The lowest BCUT2D eigenvalue weighted by atomic mass is 9.85. The number of rotatable bonds is 4. The number of hydrogen-bond donors (Lipinski definition) is 0. The van der Waals surface area contributed by atoms with Crippen LogP contribution in [0.4, 0.5) is 0 Å². The van der Waals surface area contributed by atoms with Gasteiger partial charge in [0.15, 0.2) is 0 Å². The van der Waals surface area contributed by atoms with Gasteiger partial charge in [-0.05, 0) is 99.7 Å². The van der Waals surface area contributed by atoms with E-state index in [1.54, 1.807) is 12.1 Å². The molecule has 0 aliphatic carbocycles. The minimum absolute atomic E-state index is 0.0947. The highest BCUT2D eigenvalue weighted by Gasteiger charge is 2.17. The zero-order valence-electron chi connectivity index (χ0n) is 33.6. The highest BCUT2D eigenvalue weighted by atomic mass is 14.2. The van der Waals surface area contributed by atoms with Crippen LogP contribution in [0.2, 0.25) is 0 Å². The number of fused-ring (bicyclic) bond motifs is 4. The monoisotopic (exact) mass is 591 g/mol. The molecule has 0 unspecified atom stereocenters. The minimum atomic E-state index is -0.540. The Morgan fingerprint density at radius 1 is 0.304 bits per heavy atom. The molecule has 0 saturated carbocycles. The van der Waals surface area contributed by atoms with Crippen molar-refractivity contribution < 1.29 is 12.3 Å². The normalized spacial score (nSPS) is 14.2. The standard InChI is InChI=1S/C46H30/c1-2-14-32(15-3-1)45-41-21-6-8-23-43(41)46(44-24-9-7-22-42(44)45)36-27-28-40-35(30-36)19-12-26-39(40)34-18-10-17-33(29-34)38-25-11-16-31-13-4-5-20-37(31)38/h1-30H/i1D,2D,3D,6D,8D,14D,15D,21D,23D. The van der Waals surface area contributed by atoms with Crippen LogP contribution >= 0.6 is 0 Å². The van der Waals surface area contributed by atoms with Gasteiger partial charge in [-0.15, -0.1) is 0 Å². The summed E-state index contributed by atoms with van der Waals surface area (Å²) < 4.78 is 78.6. The van der Waals surface area contributed by atoms with Crippen LogP contribution in [0, 0.1) is 0 Å². The van der Waals surface area contributed by atoms with Crippen molar-refractivity contribution in [1.29, 1.82) is 0 Å². The smallest absolute Gasteiger partial charge is 0.0622 e. The Morgan fingerprint density at radius 2 is 0.826 bits per heavy atom. The molecule has 0 nitrogen and oxygen atoms in total. The van der Waals surface area contributed by atoms with E-state index >= 15 is 0 Å². The molecule has 0 spiro atoms. The predicted octanol–water partition coefficient (Wildman–Crippen LogP) is 13.0. The maximum absolute atomic E-state index is 9.24. The third kappa shape index (κ3) is 4.30. The van der Waals surface area contributed by atoms with Gasteiger partial charge in [0, 0.05) is 0 Å². The average Bonchev–Trinajstić information content (AvgIpc) is 3.22. The van der Waals surface area contributed by atoms with Crippen LogP contribution in [0.3, 0.4) is 0 Å². The molecule has 0 amide bonds. The van der Waals surface area contributed by atoms with E-state index in [0.29, 0.717) is 21.9 Å². The van der Waals surface area contributed by atoms with Crippen molar-refractivity contribution in [2.45, 2.75) is 0 Å². The highest BCUT2D eigenvalue weighted by molar-refractivity contribution is 6.21. The summed E-state index contributed by atoms with van der Waals surface area (Å²) in [5.41, 5.74) is 5.69. The summed E-state index contributed by atoms with van der Waals surface area (Å²) in [5.74, 6) is 0. The second kappa shape index (κ2) is 10.9. The molecule has 0 N–H and O–H groups in total. The summed E-state index contributed by atoms with van der Waals surface area (Å²) in [6.45, 7) is 0. The Hall–Kier alpha value is -5.98. The van der Waals surface area contributed by atoms with E-state index in [1.165, 1.54) is 10.8 Å². The molecule has 0 heteroatoms. The van der Waals surface area contributed by atoms with Gasteiger partial charge in [0.05, 0.1) is 12.3 Å². The molecule has 9 rings (SSSR count). The van der Waals surface area contributed by atoms with Crippen LogP contribution in [0.1, 0.15) is 12.3 Å². The first-order valence-electron chi connectivity index (χ1n) is 19.7. The Morgan fingerprint density at radius 3 is 1.52 bits per heavy atom. The van der Waals surface area contributed by atoms with E-state index in [9.17, 15) is 2.74 Å². The van der Waals surface area contributed by atoms with Crippen molar-refractivity contribution in [3.05, 3.63) is 182 Å². The summed E-state index contributed by atoms with van der Waals surface area (Å²) in [5, 5.41) is 5.73. The van der Waals surface area contributed by atoms with Gasteiger partial charge in [-0.25, -0.2) is 0 Å². The molecule has 46 heavy (non-hydrogen) atoms. The van der Waals surface area contributed by atoms with Gasteiger partial charge in [-0.3, -0.25) is 0 Å². The minimum Gasteiger partial charge on any atom is -0.0622 e. The topological polar surface area (TPSA) is 0 Å². The lowest BCUT2D eigenvalue weighted by Crippen LogP contribution is -1.91. The van der Waals surface area contributed by atoms with Crippen molar-refractivity contribution in [3.63, 3.8) is 0 Å². The van der Waals surface area contributed by atoms with Gasteiger partial charge in [0.25, 0.3) is 0 Å². The second-order valence-corrected chi connectivity index (χ2v) is 11.4. The average molecular weight is 592 g/mol. The fourth-order valence-corrected chi connectivity index (χ4v) is 6.83. The fourth-order valence-electron chi connectivity index (χ4n) is 6.83. The van der Waals surface area contributed by atoms with Crippen molar-refractivity contribution >= 4 is 43.1 Å². The molecule has 0 aliphatic heterocycles. The molecule has 0 aliphatic rings. The summed E-state index contributed by atoms with van der Waals surface area (Å²) in [6, 6.07) is 38.6. The van der Waals surface area contributed by atoms with Crippen molar-refractivity contribution in [1.82, 2.24) is 0 Å². The molecule has 0 fully saturated rings. The van der Waals surface area contributed by atoms with Gasteiger partial charge in [0.2, 0.25) is 0 Å². The van der Waals surface area contributed by atoms with Crippen LogP contribution in [-0.2, 0) is 0 Å². The van der Waals surface area contributed by atoms with E-state index < -0.39 is 42.3 Å². The molecule has 0 radical (unpaired) electrons. The lowest BCUT2D eigenvalue weighted by Gasteiger charge is -2.18.